The molecule has 0 saturated carbocycles. The summed E-state index contributed by atoms with van der Waals surface area (Å²) in [6.07, 6.45) is 0.545. The first-order chi connectivity index (χ1) is 41.2. The maximum atomic E-state index is 5.74. The molecular formula is C75H65N3O6. The van der Waals surface area contributed by atoms with Crippen LogP contribution < -0.4 is 43.1 Å². The van der Waals surface area contributed by atoms with E-state index in [1.165, 1.54) is 11.1 Å². The van der Waals surface area contributed by atoms with Crippen LogP contribution in [0, 0.1) is 0 Å². The van der Waals surface area contributed by atoms with E-state index in [9.17, 15) is 0 Å². The van der Waals surface area contributed by atoms with Gasteiger partial charge in [0, 0.05) is 50.9 Å². The van der Waals surface area contributed by atoms with Gasteiger partial charge in [-0.3, -0.25) is 0 Å². The van der Waals surface area contributed by atoms with E-state index in [1.54, 1.807) is 42.7 Å². The molecule has 416 valence electrons. The molecule has 0 fully saturated rings. The number of methoxy groups -OCH3 is 6. The van der Waals surface area contributed by atoms with Crippen molar-refractivity contribution in [3.05, 3.63) is 277 Å². The molecule has 11 aromatic carbocycles. The van der Waals surface area contributed by atoms with Gasteiger partial charge in [-0.25, -0.2) is 0 Å². The third kappa shape index (κ3) is 9.93. The van der Waals surface area contributed by atoms with Crippen molar-refractivity contribution in [1.29, 1.82) is 0 Å². The molecule has 0 saturated heterocycles. The van der Waals surface area contributed by atoms with Crippen LogP contribution in [0.2, 0.25) is 0 Å². The third-order valence-corrected chi connectivity index (χ3v) is 16.2. The first-order valence-corrected chi connectivity index (χ1v) is 28.0. The van der Waals surface area contributed by atoms with Gasteiger partial charge < -0.3 is 43.1 Å². The molecule has 1 atom stereocenters. The van der Waals surface area contributed by atoms with Gasteiger partial charge in [0.1, 0.15) is 34.5 Å². The van der Waals surface area contributed by atoms with E-state index in [0.29, 0.717) is 6.42 Å². The van der Waals surface area contributed by atoms with E-state index in [4.69, 9.17) is 28.4 Å². The summed E-state index contributed by atoms with van der Waals surface area (Å²) in [5.41, 5.74) is 16.9. The zero-order chi connectivity index (χ0) is 57.9. The van der Waals surface area contributed by atoms with Gasteiger partial charge in [0.05, 0.1) is 53.8 Å². The Hall–Kier alpha value is -10.4. The third-order valence-electron chi connectivity index (χ3n) is 16.2. The maximum absolute atomic E-state index is 5.74. The largest absolute Gasteiger partial charge is 0.497 e. The monoisotopic (exact) mass is 1100 g/mol. The summed E-state index contributed by atoms with van der Waals surface area (Å²) in [6.45, 7) is 6.80. The van der Waals surface area contributed by atoms with Crippen LogP contribution in [0.3, 0.4) is 0 Å². The molecule has 0 aliphatic heterocycles. The highest BCUT2D eigenvalue weighted by atomic mass is 16.5. The van der Waals surface area contributed by atoms with Gasteiger partial charge in [0.25, 0.3) is 0 Å². The number of nitrogens with zero attached hydrogens (tertiary/aromatic N) is 3. The molecule has 0 N–H and O–H groups in total. The summed E-state index contributed by atoms with van der Waals surface area (Å²) in [4.78, 5) is 6.98. The molecule has 9 nitrogen and oxygen atoms in total. The van der Waals surface area contributed by atoms with Crippen LogP contribution in [0.25, 0.3) is 27.5 Å². The Morgan fingerprint density at radius 2 is 0.714 bits per heavy atom. The summed E-state index contributed by atoms with van der Waals surface area (Å²) >= 11 is 0. The highest BCUT2D eigenvalue weighted by Crippen LogP contribution is 2.60. The average Bonchev–Trinajstić information content (AvgIpc) is 1.70. The van der Waals surface area contributed by atoms with Gasteiger partial charge in [-0.15, -0.1) is 0 Å². The van der Waals surface area contributed by atoms with E-state index in [-0.39, 0.29) is 0 Å². The van der Waals surface area contributed by atoms with Gasteiger partial charge in [-0.2, -0.15) is 0 Å². The molecular weight excluding hydrogens is 1040 g/mol. The molecule has 12 rings (SSSR count). The summed E-state index contributed by atoms with van der Waals surface area (Å²) in [6, 6.07) is 85.9. The fraction of sp³-hybridized carbons (Fsp3) is 0.120. The minimum absolute atomic E-state index is 0.545. The molecule has 0 heterocycles. The van der Waals surface area contributed by atoms with E-state index in [0.717, 1.165) is 130 Å². The topological polar surface area (TPSA) is 65.1 Å². The Kier molecular flexibility index (Phi) is 15.0. The van der Waals surface area contributed by atoms with Crippen LogP contribution in [0.1, 0.15) is 34.7 Å². The summed E-state index contributed by atoms with van der Waals surface area (Å²) < 4.78 is 34.3. The van der Waals surface area contributed by atoms with Gasteiger partial charge in [-0.05, 0) is 234 Å². The molecule has 0 bridgehead atoms. The Morgan fingerprint density at radius 3 is 1.12 bits per heavy atom. The zero-order valence-corrected chi connectivity index (χ0v) is 48.3. The lowest BCUT2D eigenvalue weighted by molar-refractivity contribution is 0.414. The summed E-state index contributed by atoms with van der Waals surface area (Å²) in [5, 5.41) is 2.23. The highest BCUT2D eigenvalue weighted by Gasteiger charge is 2.47. The Morgan fingerprint density at radius 1 is 0.357 bits per heavy atom. The number of allylic oxidation sites excluding steroid dienone is 1. The van der Waals surface area contributed by atoms with E-state index in [1.807, 2.05) is 72.8 Å². The van der Waals surface area contributed by atoms with Crippen LogP contribution in [0.15, 0.2) is 249 Å². The lowest BCUT2D eigenvalue weighted by Gasteiger charge is -2.37. The van der Waals surface area contributed by atoms with E-state index < -0.39 is 5.41 Å². The molecule has 9 heteroatoms. The number of hydrogen-bond donors (Lipinski definition) is 0. The fourth-order valence-corrected chi connectivity index (χ4v) is 12.2. The van der Waals surface area contributed by atoms with E-state index >= 15 is 0 Å². The van der Waals surface area contributed by atoms with Crippen molar-refractivity contribution in [2.75, 3.05) is 57.4 Å². The standard InChI is InChI=1S/C75H65N3O6/c1-50(2)67-44-30-59(76(53-18-32-61(79-3)33-19-53)54-20-34-62(80-4)35-21-54)46-51(67)49-75(52-14-10-9-11-15-52)71-47-60(77(55-22-36-63(81-5)37-23-55)56-24-38-64(82-6)39-25-56)31-45-70(71)74-69-17-13-12-16-68(69)73(48-72(74)75)78(57-26-40-65(83-7)41-27-57)58-28-42-66(84-8)43-29-58/h9-48H,1,49H2,2-8H3. The van der Waals surface area contributed by atoms with Gasteiger partial charge >= 0.3 is 0 Å². The molecule has 1 aliphatic carbocycles. The molecule has 0 amide bonds. The predicted molar refractivity (Wildman–Crippen MR) is 344 cm³/mol. The quantitative estimate of drug-likeness (QED) is 0.0788. The number of hydrogen-bond acceptors (Lipinski definition) is 9. The summed E-state index contributed by atoms with van der Waals surface area (Å²) in [5.74, 6) is 4.64. The highest BCUT2D eigenvalue weighted by molar-refractivity contribution is 6.11. The van der Waals surface area contributed by atoms with Crippen molar-refractivity contribution in [2.24, 2.45) is 0 Å². The number of fused-ring (bicyclic) bond motifs is 5. The molecule has 11 aromatic rings. The average molecular weight is 1100 g/mol. The lowest BCUT2D eigenvalue weighted by Crippen LogP contribution is -2.31. The van der Waals surface area contributed by atoms with Crippen molar-refractivity contribution in [3.63, 3.8) is 0 Å². The number of ether oxygens (including phenoxy) is 6. The predicted octanol–water partition coefficient (Wildman–Crippen LogP) is 18.9. The van der Waals surface area contributed by atoms with Crippen molar-refractivity contribution < 1.29 is 28.4 Å². The number of benzene rings is 11. The van der Waals surface area contributed by atoms with Crippen molar-refractivity contribution in [2.45, 2.75) is 18.8 Å². The van der Waals surface area contributed by atoms with Crippen molar-refractivity contribution >= 4 is 67.5 Å². The first kappa shape index (κ1) is 54.2. The van der Waals surface area contributed by atoms with Crippen LogP contribution in [-0.4, -0.2) is 42.7 Å². The van der Waals surface area contributed by atoms with Crippen molar-refractivity contribution in [1.82, 2.24) is 0 Å². The second-order valence-corrected chi connectivity index (χ2v) is 20.9. The van der Waals surface area contributed by atoms with Crippen LogP contribution >= 0.6 is 0 Å². The SMILES string of the molecule is C=C(C)c1ccc(N(c2ccc(OC)cc2)c2ccc(OC)cc2)cc1CC1(c2ccccc2)c2cc(N(c3ccc(OC)cc3)c3ccc(OC)cc3)ccc2-c2c1cc(N(c1ccc(OC)cc1)c1ccc(OC)cc1)c1ccccc21. The van der Waals surface area contributed by atoms with Crippen LogP contribution in [-0.2, 0) is 11.8 Å². The summed E-state index contributed by atoms with van der Waals surface area (Å²) in [7, 11) is 10.2. The fourth-order valence-electron chi connectivity index (χ4n) is 12.2. The Labute approximate surface area is 492 Å². The minimum atomic E-state index is -0.842. The Balaban J connectivity index is 1.18. The maximum Gasteiger partial charge on any atom is 0.119 e. The van der Waals surface area contributed by atoms with Crippen molar-refractivity contribution in [3.8, 4) is 45.6 Å². The molecule has 0 radical (unpaired) electrons. The smallest absolute Gasteiger partial charge is 0.119 e. The Bertz CT molecular complexity index is 3990. The first-order valence-electron chi connectivity index (χ1n) is 28.0. The number of rotatable bonds is 19. The van der Waals surface area contributed by atoms with Crippen LogP contribution in [0.4, 0.5) is 51.2 Å². The van der Waals surface area contributed by atoms with Crippen LogP contribution in [0.5, 0.6) is 34.5 Å². The number of anilines is 9. The molecule has 0 spiro atoms. The molecule has 1 aliphatic rings. The van der Waals surface area contributed by atoms with Gasteiger partial charge in [-0.1, -0.05) is 78.9 Å². The van der Waals surface area contributed by atoms with E-state index in [2.05, 4.69) is 198 Å². The van der Waals surface area contributed by atoms with Gasteiger partial charge in [0.15, 0.2) is 0 Å². The normalized spacial score (nSPS) is 13.1. The lowest BCUT2D eigenvalue weighted by atomic mass is 9.67. The second kappa shape index (κ2) is 23.2. The molecule has 84 heavy (non-hydrogen) atoms. The minimum Gasteiger partial charge on any atom is -0.497 e. The zero-order valence-electron chi connectivity index (χ0n) is 48.3. The van der Waals surface area contributed by atoms with Gasteiger partial charge in [0.2, 0.25) is 0 Å². The molecule has 0 aromatic heterocycles. The second-order valence-electron chi connectivity index (χ2n) is 20.9. The molecule has 1 unspecified atom stereocenters.